The van der Waals surface area contributed by atoms with Crippen molar-refractivity contribution in [2.24, 2.45) is 5.41 Å². The molecule has 1 fully saturated rings. The Labute approximate surface area is 123 Å². The van der Waals surface area contributed by atoms with Gasteiger partial charge in [-0.3, -0.25) is 0 Å². The van der Waals surface area contributed by atoms with Crippen molar-refractivity contribution in [2.75, 3.05) is 7.11 Å². The Hall–Kier alpha value is -0.740. The smallest absolute Gasteiger partial charge is 0.172 e. The molecule has 106 valence electrons. The molecule has 2 rings (SSSR count). The number of phenolic OH excluding ortho intramolecular Hbond substituents is 1. The highest BCUT2D eigenvalue weighted by atomic mass is 79.9. The van der Waals surface area contributed by atoms with E-state index in [0.717, 1.165) is 12.1 Å². The van der Waals surface area contributed by atoms with Crippen molar-refractivity contribution in [3.05, 3.63) is 22.2 Å². The van der Waals surface area contributed by atoms with Gasteiger partial charge in [0, 0.05) is 12.6 Å². The van der Waals surface area contributed by atoms with Crippen LogP contribution in [0.15, 0.2) is 16.6 Å². The summed E-state index contributed by atoms with van der Waals surface area (Å²) in [6.45, 7) is 5.46. The molecule has 2 N–H and O–H groups in total. The molecule has 0 spiro atoms. The van der Waals surface area contributed by atoms with E-state index in [1.807, 2.05) is 12.1 Å². The molecule has 0 amide bonds. The molecule has 1 saturated carbocycles. The predicted octanol–water partition coefficient (Wildman–Crippen LogP) is 3.83. The summed E-state index contributed by atoms with van der Waals surface area (Å²) in [7, 11) is 1.57. The highest BCUT2D eigenvalue weighted by molar-refractivity contribution is 9.10. The summed E-state index contributed by atoms with van der Waals surface area (Å²) in [6.07, 6.45) is 3.75. The Morgan fingerprint density at radius 2 is 2.21 bits per heavy atom. The first-order valence-corrected chi connectivity index (χ1v) is 7.49. The standard InChI is InChI=1S/C15H22BrNO2/c1-15(2)5-4-11(8-15)17-9-10-6-12(16)14(18)13(7-10)19-3/h6-7,11,17-18H,4-5,8-9H2,1-3H3. The fourth-order valence-electron chi connectivity index (χ4n) is 2.76. The van der Waals surface area contributed by atoms with Crippen LogP contribution >= 0.6 is 15.9 Å². The number of ether oxygens (including phenoxy) is 1. The van der Waals surface area contributed by atoms with Gasteiger partial charge in [-0.2, -0.15) is 0 Å². The van der Waals surface area contributed by atoms with E-state index in [4.69, 9.17) is 4.74 Å². The zero-order chi connectivity index (χ0) is 14.0. The van der Waals surface area contributed by atoms with E-state index in [-0.39, 0.29) is 5.75 Å². The molecule has 1 aromatic rings. The Morgan fingerprint density at radius 3 is 2.79 bits per heavy atom. The van der Waals surface area contributed by atoms with Crippen LogP contribution in [0.3, 0.4) is 0 Å². The van der Waals surface area contributed by atoms with Crippen LogP contribution in [0.1, 0.15) is 38.7 Å². The van der Waals surface area contributed by atoms with Crippen LogP contribution in [0.2, 0.25) is 0 Å². The third kappa shape index (κ3) is 3.63. The lowest BCUT2D eigenvalue weighted by Crippen LogP contribution is -2.26. The van der Waals surface area contributed by atoms with Gasteiger partial charge in [0.05, 0.1) is 11.6 Å². The maximum absolute atomic E-state index is 9.78. The summed E-state index contributed by atoms with van der Waals surface area (Å²) in [5.41, 5.74) is 1.58. The van der Waals surface area contributed by atoms with Crippen LogP contribution in [0.5, 0.6) is 11.5 Å². The summed E-state index contributed by atoms with van der Waals surface area (Å²) in [4.78, 5) is 0. The van der Waals surface area contributed by atoms with E-state index < -0.39 is 0 Å². The zero-order valence-corrected chi connectivity index (χ0v) is 13.4. The van der Waals surface area contributed by atoms with Crippen molar-refractivity contribution in [1.29, 1.82) is 0 Å². The van der Waals surface area contributed by atoms with E-state index in [0.29, 0.717) is 21.7 Å². The quantitative estimate of drug-likeness (QED) is 0.883. The van der Waals surface area contributed by atoms with Crippen LogP contribution in [0.25, 0.3) is 0 Å². The van der Waals surface area contributed by atoms with E-state index in [1.165, 1.54) is 19.3 Å². The predicted molar refractivity (Wildman–Crippen MR) is 80.6 cm³/mol. The Bertz CT molecular complexity index is 460. The molecule has 0 saturated heterocycles. The first kappa shape index (κ1) is 14.7. The number of aromatic hydroxyl groups is 1. The van der Waals surface area contributed by atoms with Gasteiger partial charge in [-0.1, -0.05) is 13.8 Å². The molecule has 0 radical (unpaired) electrons. The average molecular weight is 328 g/mol. The second-order valence-electron chi connectivity index (χ2n) is 6.11. The first-order valence-electron chi connectivity index (χ1n) is 6.70. The Kier molecular flexibility index (Phi) is 4.41. The number of halogens is 1. The Balaban J connectivity index is 1.99. The van der Waals surface area contributed by atoms with Crippen molar-refractivity contribution in [2.45, 2.75) is 45.7 Å². The second-order valence-corrected chi connectivity index (χ2v) is 6.97. The minimum absolute atomic E-state index is 0.160. The average Bonchev–Trinajstić information content (AvgIpc) is 2.70. The van der Waals surface area contributed by atoms with Crippen molar-refractivity contribution in [3.63, 3.8) is 0 Å². The fraction of sp³-hybridized carbons (Fsp3) is 0.600. The molecule has 1 aliphatic carbocycles. The van der Waals surface area contributed by atoms with Crippen molar-refractivity contribution < 1.29 is 9.84 Å². The molecule has 3 nitrogen and oxygen atoms in total. The van der Waals surface area contributed by atoms with Gasteiger partial charge in [0.1, 0.15) is 0 Å². The van der Waals surface area contributed by atoms with Crippen molar-refractivity contribution in [1.82, 2.24) is 5.32 Å². The monoisotopic (exact) mass is 327 g/mol. The second kappa shape index (κ2) is 5.71. The summed E-state index contributed by atoms with van der Waals surface area (Å²) in [5.74, 6) is 0.672. The van der Waals surface area contributed by atoms with Gasteiger partial charge >= 0.3 is 0 Å². The summed E-state index contributed by atoms with van der Waals surface area (Å²) >= 11 is 3.35. The van der Waals surface area contributed by atoms with E-state index in [9.17, 15) is 5.11 Å². The van der Waals surface area contributed by atoms with E-state index in [1.54, 1.807) is 7.11 Å². The highest BCUT2D eigenvalue weighted by Crippen LogP contribution is 2.38. The molecule has 0 aromatic heterocycles. The summed E-state index contributed by atoms with van der Waals surface area (Å²) < 4.78 is 5.84. The van der Waals surface area contributed by atoms with Gasteiger partial charge in [-0.25, -0.2) is 0 Å². The van der Waals surface area contributed by atoms with Gasteiger partial charge < -0.3 is 15.2 Å². The molecule has 1 aliphatic rings. The van der Waals surface area contributed by atoms with Crippen LogP contribution < -0.4 is 10.1 Å². The van der Waals surface area contributed by atoms with E-state index >= 15 is 0 Å². The lowest BCUT2D eigenvalue weighted by atomic mass is 9.92. The first-order chi connectivity index (χ1) is 8.91. The molecule has 1 aromatic carbocycles. The lowest BCUT2D eigenvalue weighted by molar-refractivity contribution is 0.363. The number of nitrogens with one attached hydrogen (secondary N) is 1. The fourth-order valence-corrected chi connectivity index (χ4v) is 3.25. The normalized spacial score (nSPS) is 21.6. The molecule has 19 heavy (non-hydrogen) atoms. The minimum Gasteiger partial charge on any atom is -0.503 e. The third-order valence-corrected chi connectivity index (χ3v) is 4.48. The van der Waals surface area contributed by atoms with Gasteiger partial charge in [0.25, 0.3) is 0 Å². The molecular formula is C15H22BrNO2. The molecule has 0 bridgehead atoms. The minimum atomic E-state index is 0.160. The van der Waals surface area contributed by atoms with Gasteiger partial charge in [-0.05, 0) is 58.3 Å². The Morgan fingerprint density at radius 1 is 1.47 bits per heavy atom. The van der Waals surface area contributed by atoms with Crippen molar-refractivity contribution in [3.8, 4) is 11.5 Å². The number of hydrogen-bond acceptors (Lipinski definition) is 3. The van der Waals surface area contributed by atoms with Gasteiger partial charge in [0.2, 0.25) is 0 Å². The summed E-state index contributed by atoms with van der Waals surface area (Å²) in [5, 5.41) is 13.4. The van der Waals surface area contributed by atoms with Crippen LogP contribution in [-0.2, 0) is 6.54 Å². The van der Waals surface area contributed by atoms with Crippen LogP contribution in [-0.4, -0.2) is 18.3 Å². The maximum atomic E-state index is 9.78. The molecular weight excluding hydrogens is 306 g/mol. The molecule has 1 unspecified atom stereocenters. The highest BCUT2D eigenvalue weighted by Gasteiger charge is 2.30. The number of benzene rings is 1. The van der Waals surface area contributed by atoms with E-state index in [2.05, 4.69) is 35.1 Å². The summed E-state index contributed by atoms with van der Waals surface area (Å²) in [6, 6.07) is 4.41. The van der Waals surface area contributed by atoms with Gasteiger partial charge in [0.15, 0.2) is 11.5 Å². The number of phenols is 1. The number of hydrogen-bond donors (Lipinski definition) is 2. The zero-order valence-electron chi connectivity index (χ0n) is 11.8. The molecule has 4 heteroatoms. The van der Waals surface area contributed by atoms with Crippen LogP contribution in [0, 0.1) is 5.41 Å². The molecule has 0 aliphatic heterocycles. The largest absolute Gasteiger partial charge is 0.503 e. The topological polar surface area (TPSA) is 41.5 Å². The number of rotatable bonds is 4. The lowest BCUT2D eigenvalue weighted by Gasteiger charge is -2.18. The SMILES string of the molecule is COc1cc(CNC2CCC(C)(C)C2)cc(Br)c1O. The van der Waals surface area contributed by atoms with Crippen LogP contribution in [0.4, 0.5) is 0 Å². The number of methoxy groups -OCH3 is 1. The molecule has 0 heterocycles. The maximum Gasteiger partial charge on any atom is 0.172 e. The van der Waals surface area contributed by atoms with Gasteiger partial charge in [-0.15, -0.1) is 0 Å². The molecule has 1 atom stereocenters. The third-order valence-electron chi connectivity index (χ3n) is 3.87. The van der Waals surface area contributed by atoms with Crippen molar-refractivity contribution >= 4 is 15.9 Å².